The molecule has 37 heavy (non-hydrogen) atoms. The first-order valence-corrected chi connectivity index (χ1v) is 12.6. The van der Waals surface area contributed by atoms with Gasteiger partial charge in [0.05, 0.1) is 18.0 Å². The van der Waals surface area contributed by atoms with E-state index in [0.29, 0.717) is 42.7 Å². The molecule has 0 saturated carbocycles. The molecular formula is C30H33FN2O4. The molecular weight excluding hydrogens is 471 g/mol. The van der Waals surface area contributed by atoms with Gasteiger partial charge in [0.15, 0.2) is 0 Å². The van der Waals surface area contributed by atoms with Crippen molar-refractivity contribution >= 4 is 22.6 Å². The molecule has 0 spiro atoms. The van der Waals surface area contributed by atoms with Crippen LogP contribution in [-0.4, -0.2) is 30.3 Å². The Hall–Kier alpha value is -3.84. The van der Waals surface area contributed by atoms with Crippen molar-refractivity contribution in [3.05, 3.63) is 84.2 Å². The molecule has 7 heteroatoms. The molecule has 0 unspecified atom stereocenters. The van der Waals surface area contributed by atoms with Gasteiger partial charge in [0.1, 0.15) is 29.5 Å². The third-order valence-corrected chi connectivity index (χ3v) is 6.54. The Labute approximate surface area is 216 Å². The number of carbonyl (C=O) groups is 1. The van der Waals surface area contributed by atoms with Gasteiger partial charge in [-0.2, -0.15) is 0 Å². The lowest BCUT2D eigenvalue weighted by Gasteiger charge is -2.26. The molecule has 0 saturated heterocycles. The van der Waals surface area contributed by atoms with Gasteiger partial charge in [0.25, 0.3) is 0 Å². The van der Waals surface area contributed by atoms with E-state index in [4.69, 9.17) is 14.3 Å². The number of aliphatic carboxylic acids is 1. The maximum Gasteiger partial charge on any atom is 0.304 e. The fourth-order valence-corrected chi connectivity index (χ4v) is 4.08. The summed E-state index contributed by atoms with van der Waals surface area (Å²) in [6, 6.07) is 22.4. The van der Waals surface area contributed by atoms with Crippen LogP contribution < -0.4 is 15.4 Å². The van der Waals surface area contributed by atoms with Crippen LogP contribution in [0.3, 0.4) is 0 Å². The van der Waals surface area contributed by atoms with Crippen LogP contribution in [0.5, 0.6) is 5.75 Å². The van der Waals surface area contributed by atoms with E-state index >= 15 is 0 Å². The molecule has 0 bridgehead atoms. The van der Waals surface area contributed by atoms with E-state index < -0.39 is 11.8 Å². The molecule has 194 valence electrons. The van der Waals surface area contributed by atoms with E-state index in [2.05, 4.69) is 24.5 Å². The van der Waals surface area contributed by atoms with Crippen LogP contribution in [0.1, 0.15) is 32.3 Å². The maximum absolute atomic E-state index is 15.0. The zero-order chi connectivity index (χ0) is 26.2. The van der Waals surface area contributed by atoms with E-state index in [1.165, 1.54) is 6.07 Å². The molecule has 0 aliphatic heterocycles. The summed E-state index contributed by atoms with van der Waals surface area (Å²) in [4.78, 5) is 10.6. The van der Waals surface area contributed by atoms with Crippen molar-refractivity contribution < 1.29 is 23.4 Å². The fraction of sp³-hybridized carbons (Fsp3) is 0.300. The number of rotatable bonds is 13. The Kier molecular flexibility index (Phi) is 8.80. The van der Waals surface area contributed by atoms with E-state index in [1.54, 1.807) is 12.1 Å². The third kappa shape index (κ3) is 7.11. The van der Waals surface area contributed by atoms with Crippen molar-refractivity contribution in [3.8, 4) is 17.1 Å². The minimum Gasteiger partial charge on any atom is -0.491 e. The number of benzene rings is 3. The average Bonchev–Trinajstić information content (AvgIpc) is 3.33. The molecule has 3 N–H and O–H groups in total. The van der Waals surface area contributed by atoms with Crippen molar-refractivity contribution in [2.24, 2.45) is 5.92 Å². The quantitative estimate of drug-likeness (QED) is 0.176. The van der Waals surface area contributed by atoms with Crippen molar-refractivity contribution in [2.75, 3.05) is 18.5 Å². The standard InChI is InChI=1S/C30H33FN2O4/c1-3-20(2)27(33-23-10-8-21(9-11-23)18-32-15-14-30(34)35)19-36-24-12-13-25(26(31)17-24)29-16-22-6-4-5-7-28(22)37-29/h4-13,16-17,20,27,32-33H,3,14-15,18-19H2,1-2H3,(H,34,35)/t20-,27+/m0/s1. The Morgan fingerprint density at radius 3 is 2.57 bits per heavy atom. The molecule has 2 atom stereocenters. The first-order valence-electron chi connectivity index (χ1n) is 12.6. The van der Waals surface area contributed by atoms with Crippen molar-refractivity contribution in [3.63, 3.8) is 0 Å². The number of fused-ring (bicyclic) bond motifs is 1. The second-order valence-corrected chi connectivity index (χ2v) is 9.25. The number of hydrogen-bond donors (Lipinski definition) is 3. The Morgan fingerprint density at radius 1 is 1.08 bits per heavy atom. The predicted octanol–water partition coefficient (Wildman–Crippen LogP) is 6.71. The highest BCUT2D eigenvalue weighted by atomic mass is 19.1. The summed E-state index contributed by atoms with van der Waals surface area (Å²) < 4.78 is 26.8. The van der Waals surface area contributed by atoms with Gasteiger partial charge in [-0.25, -0.2) is 4.39 Å². The molecule has 0 aliphatic rings. The van der Waals surface area contributed by atoms with E-state index in [9.17, 15) is 9.18 Å². The van der Waals surface area contributed by atoms with Crippen molar-refractivity contribution in [1.29, 1.82) is 0 Å². The largest absolute Gasteiger partial charge is 0.491 e. The maximum atomic E-state index is 15.0. The summed E-state index contributed by atoms with van der Waals surface area (Å²) in [5.41, 5.74) is 3.17. The Morgan fingerprint density at radius 2 is 1.86 bits per heavy atom. The summed E-state index contributed by atoms with van der Waals surface area (Å²) in [7, 11) is 0. The number of carboxylic acids is 1. The second kappa shape index (κ2) is 12.4. The highest BCUT2D eigenvalue weighted by Crippen LogP contribution is 2.31. The van der Waals surface area contributed by atoms with Crippen LogP contribution >= 0.6 is 0 Å². The van der Waals surface area contributed by atoms with E-state index in [0.717, 1.165) is 28.6 Å². The predicted molar refractivity (Wildman–Crippen MR) is 144 cm³/mol. The smallest absolute Gasteiger partial charge is 0.304 e. The van der Waals surface area contributed by atoms with E-state index in [1.807, 2.05) is 54.6 Å². The first kappa shape index (κ1) is 26.2. The van der Waals surface area contributed by atoms with Gasteiger partial charge in [-0.1, -0.05) is 50.6 Å². The van der Waals surface area contributed by atoms with Gasteiger partial charge in [-0.15, -0.1) is 0 Å². The fourth-order valence-electron chi connectivity index (χ4n) is 4.08. The van der Waals surface area contributed by atoms with E-state index in [-0.39, 0.29) is 12.5 Å². The number of hydrogen-bond acceptors (Lipinski definition) is 5. The number of ether oxygens (including phenoxy) is 1. The van der Waals surface area contributed by atoms with Gasteiger partial charge in [-0.3, -0.25) is 4.79 Å². The minimum atomic E-state index is -0.810. The zero-order valence-electron chi connectivity index (χ0n) is 21.2. The van der Waals surface area contributed by atoms with Crippen LogP contribution in [0.2, 0.25) is 0 Å². The monoisotopic (exact) mass is 504 g/mol. The van der Waals surface area contributed by atoms with Gasteiger partial charge < -0.3 is 24.9 Å². The lowest BCUT2D eigenvalue weighted by atomic mass is 9.99. The number of carboxylic acid groups (broad SMARTS) is 1. The molecule has 0 amide bonds. The topological polar surface area (TPSA) is 83.7 Å². The van der Waals surface area contributed by atoms with Crippen LogP contribution in [0.15, 0.2) is 77.2 Å². The zero-order valence-corrected chi connectivity index (χ0v) is 21.2. The highest BCUT2D eigenvalue weighted by molar-refractivity contribution is 5.82. The summed E-state index contributed by atoms with van der Waals surface area (Å²) >= 11 is 0. The molecule has 1 aromatic heterocycles. The van der Waals surface area contributed by atoms with Gasteiger partial charge >= 0.3 is 5.97 Å². The summed E-state index contributed by atoms with van der Waals surface area (Å²) in [5.74, 6) is 0.0876. The molecule has 3 aromatic carbocycles. The summed E-state index contributed by atoms with van der Waals surface area (Å²) in [6.07, 6.45) is 1.06. The Balaban J connectivity index is 1.36. The number of halogens is 1. The van der Waals surface area contributed by atoms with Crippen molar-refractivity contribution in [2.45, 2.75) is 39.3 Å². The van der Waals surface area contributed by atoms with Crippen LogP contribution in [-0.2, 0) is 11.3 Å². The van der Waals surface area contributed by atoms with Gasteiger partial charge in [-0.05, 0) is 47.9 Å². The number of furan rings is 1. The first-order chi connectivity index (χ1) is 17.9. The SMILES string of the molecule is CC[C@H](C)[C@@H](COc1ccc(-c2cc3ccccc3o2)c(F)c1)Nc1ccc(CNCCC(=O)O)cc1. The van der Waals surface area contributed by atoms with Crippen LogP contribution in [0, 0.1) is 11.7 Å². The minimum absolute atomic E-state index is 0.0302. The third-order valence-electron chi connectivity index (χ3n) is 6.54. The molecule has 4 aromatic rings. The number of para-hydroxylation sites is 1. The molecule has 6 nitrogen and oxygen atoms in total. The molecule has 1 heterocycles. The lowest BCUT2D eigenvalue weighted by molar-refractivity contribution is -0.136. The molecule has 4 rings (SSSR count). The number of anilines is 1. The number of nitrogens with one attached hydrogen (secondary N) is 2. The van der Waals surface area contributed by atoms with Crippen LogP contribution in [0.4, 0.5) is 10.1 Å². The summed E-state index contributed by atoms with van der Waals surface area (Å²) in [5, 5.41) is 16.3. The Bertz CT molecular complexity index is 1290. The summed E-state index contributed by atoms with van der Waals surface area (Å²) in [6.45, 7) is 5.72. The molecule has 0 aliphatic carbocycles. The average molecular weight is 505 g/mol. The van der Waals surface area contributed by atoms with Gasteiger partial charge in [0.2, 0.25) is 0 Å². The molecule has 0 fully saturated rings. The van der Waals surface area contributed by atoms with Crippen molar-refractivity contribution in [1.82, 2.24) is 5.32 Å². The highest BCUT2D eigenvalue weighted by Gasteiger charge is 2.18. The van der Waals surface area contributed by atoms with Gasteiger partial charge in [0, 0.05) is 30.2 Å². The lowest BCUT2D eigenvalue weighted by Crippen LogP contribution is -2.33. The molecule has 0 radical (unpaired) electrons. The van der Waals surface area contributed by atoms with Crippen LogP contribution in [0.25, 0.3) is 22.3 Å². The second-order valence-electron chi connectivity index (χ2n) is 9.25. The normalized spacial score (nSPS) is 12.8.